The van der Waals surface area contributed by atoms with Crippen molar-refractivity contribution in [3.63, 3.8) is 0 Å². The van der Waals surface area contributed by atoms with Gasteiger partial charge in [-0.1, -0.05) is 24.3 Å². The van der Waals surface area contributed by atoms with Gasteiger partial charge < -0.3 is 26.2 Å². The van der Waals surface area contributed by atoms with Crippen LogP contribution >= 0.6 is 0 Å². The summed E-state index contributed by atoms with van der Waals surface area (Å²) in [5, 5.41) is 25.0. The molecular formula is C26H25F2N3O5. The van der Waals surface area contributed by atoms with Gasteiger partial charge in [-0.3, -0.25) is 4.79 Å². The van der Waals surface area contributed by atoms with Gasteiger partial charge in [-0.25, -0.2) is 18.4 Å². The number of nitrogens with one attached hydrogen (secondary N) is 3. The monoisotopic (exact) mass is 497 g/mol. The smallest absolute Gasteiger partial charge is 0.404 e. The van der Waals surface area contributed by atoms with Gasteiger partial charge in [-0.2, -0.15) is 0 Å². The lowest BCUT2D eigenvalue weighted by Crippen LogP contribution is -2.43. The van der Waals surface area contributed by atoms with Crippen molar-refractivity contribution in [3.05, 3.63) is 83.9 Å². The first kappa shape index (κ1) is 26.1. The van der Waals surface area contributed by atoms with Gasteiger partial charge in [0.1, 0.15) is 11.6 Å². The first-order valence-electron chi connectivity index (χ1n) is 11.1. The van der Waals surface area contributed by atoms with Gasteiger partial charge in [0.25, 0.3) is 5.91 Å². The van der Waals surface area contributed by atoms with E-state index in [0.717, 1.165) is 0 Å². The van der Waals surface area contributed by atoms with Crippen LogP contribution in [0.15, 0.2) is 66.7 Å². The summed E-state index contributed by atoms with van der Waals surface area (Å²) in [6, 6.07) is 16.0. The van der Waals surface area contributed by atoms with Gasteiger partial charge in [0.15, 0.2) is 0 Å². The average Bonchev–Trinajstić information content (AvgIpc) is 2.85. The molecular weight excluding hydrogens is 472 g/mol. The maximum Gasteiger partial charge on any atom is 0.404 e. The maximum atomic E-state index is 13.4. The van der Waals surface area contributed by atoms with Gasteiger partial charge in [0, 0.05) is 24.7 Å². The lowest BCUT2D eigenvalue weighted by atomic mass is 9.95. The minimum atomic E-state index is -1.27. The summed E-state index contributed by atoms with van der Waals surface area (Å²) in [7, 11) is 0. The van der Waals surface area contributed by atoms with E-state index in [9.17, 15) is 23.2 Å². The molecule has 188 valence electrons. The summed E-state index contributed by atoms with van der Waals surface area (Å²) in [6.45, 7) is 0.118. The molecule has 0 bridgehead atoms. The van der Waals surface area contributed by atoms with E-state index in [-0.39, 0.29) is 18.7 Å². The van der Waals surface area contributed by atoms with Crippen molar-refractivity contribution in [1.82, 2.24) is 16.0 Å². The molecule has 0 radical (unpaired) electrons. The second-order valence-corrected chi connectivity index (χ2v) is 8.04. The van der Waals surface area contributed by atoms with Gasteiger partial charge in [-0.05, 0) is 77.6 Å². The third-order valence-electron chi connectivity index (χ3n) is 5.39. The quantitative estimate of drug-likeness (QED) is 0.259. The fraction of sp³-hybridized carbons (Fsp3) is 0.192. The van der Waals surface area contributed by atoms with Gasteiger partial charge in [-0.15, -0.1) is 0 Å². The molecule has 1 atom stereocenters. The Labute approximate surface area is 206 Å². The fourth-order valence-corrected chi connectivity index (χ4v) is 3.64. The predicted octanol–water partition coefficient (Wildman–Crippen LogP) is 4.71. The highest BCUT2D eigenvalue weighted by Crippen LogP contribution is 2.29. The van der Waals surface area contributed by atoms with Crippen LogP contribution in [0.1, 0.15) is 23.2 Å². The average molecular weight is 497 g/mol. The molecule has 0 saturated carbocycles. The van der Waals surface area contributed by atoms with Crippen LogP contribution in [-0.2, 0) is 0 Å². The number of carboxylic acid groups (broad SMARTS) is 2. The molecule has 3 amide bonds. The first-order chi connectivity index (χ1) is 17.2. The van der Waals surface area contributed by atoms with Crippen molar-refractivity contribution in [3.8, 4) is 22.3 Å². The standard InChI is InChI=1S/C26H25F2N3O5/c27-21-7-3-16(4-8-21)18-12-19(17-5-9-22(28)10-6-17)14-20(13-18)24(32)30-15-23(31-26(35)36)2-1-11-29-25(33)34/h3-10,12-14,23,29,31H,1-2,11,15H2,(H,30,32)(H,33,34)(H,35,36)/t23-/m0/s1. The van der Waals surface area contributed by atoms with Crippen molar-refractivity contribution in [2.75, 3.05) is 13.1 Å². The van der Waals surface area contributed by atoms with Crippen LogP contribution in [0.3, 0.4) is 0 Å². The number of hydrogen-bond donors (Lipinski definition) is 5. The zero-order valence-corrected chi connectivity index (χ0v) is 19.1. The van der Waals surface area contributed by atoms with Crippen LogP contribution in [-0.4, -0.2) is 47.4 Å². The second kappa shape index (κ2) is 12.3. The molecule has 0 unspecified atom stereocenters. The Balaban J connectivity index is 1.82. The normalized spacial score (nSPS) is 11.4. The Morgan fingerprint density at radius 3 is 1.72 bits per heavy atom. The molecule has 0 spiro atoms. The highest BCUT2D eigenvalue weighted by atomic mass is 19.1. The predicted molar refractivity (Wildman–Crippen MR) is 130 cm³/mol. The van der Waals surface area contributed by atoms with Crippen LogP contribution in [0.25, 0.3) is 22.3 Å². The largest absolute Gasteiger partial charge is 0.465 e. The van der Waals surface area contributed by atoms with E-state index < -0.39 is 35.8 Å². The van der Waals surface area contributed by atoms with Crippen molar-refractivity contribution in [2.24, 2.45) is 0 Å². The van der Waals surface area contributed by atoms with Crippen molar-refractivity contribution < 1.29 is 33.4 Å². The minimum Gasteiger partial charge on any atom is -0.465 e. The molecule has 0 aromatic heterocycles. The molecule has 5 N–H and O–H groups in total. The molecule has 0 fully saturated rings. The van der Waals surface area contributed by atoms with Crippen LogP contribution in [0.5, 0.6) is 0 Å². The van der Waals surface area contributed by atoms with Crippen LogP contribution < -0.4 is 16.0 Å². The first-order valence-corrected chi connectivity index (χ1v) is 11.1. The van der Waals surface area contributed by atoms with Crippen molar-refractivity contribution >= 4 is 18.1 Å². The van der Waals surface area contributed by atoms with Crippen LogP contribution in [0.2, 0.25) is 0 Å². The van der Waals surface area contributed by atoms with Crippen LogP contribution in [0.4, 0.5) is 18.4 Å². The van der Waals surface area contributed by atoms with Crippen molar-refractivity contribution in [1.29, 1.82) is 0 Å². The molecule has 36 heavy (non-hydrogen) atoms. The van der Waals surface area contributed by atoms with Gasteiger partial charge in [0.2, 0.25) is 0 Å². The summed E-state index contributed by atoms with van der Waals surface area (Å²) >= 11 is 0. The summed E-state index contributed by atoms with van der Waals surface area (Å²) in [5.41, 5.74) is 2.90. The van der Waals surface area contributed by atoms with E-state index in [4.69, 9.17) is 10.2 Å². The molecule has 0 aliphatic heterocycles. The maximum absolute atomic E-state index is 13.4. The third-order valence-corrected chi connectivity index (χ3v) is 5.39. The van der Waals surface area contributed by atoms with E-state index in [1.54, 1.807) is 36.4 Å². The van der Waals surface area contributed by atoms with E-state index in [2.05, 4.69) is 16.0 Å². The molecule has 10 heteroatoms. The molecule has 8 nitrogen and oxygen atoms in total. The Kier molecular flexibility index (Phi) is 8.93. The van der Waals surface area contributed by atoms with E-state index in [1.165, 1.54) is 24.3 Å². The molecule has 0 aliphatic carbocycles. The molecule has 3 aromatic rings. The summed E-state index contributed by atoms with van der Waals surface area (Å²) in [6.07, 6.45) is -1.79. The topological polar surface area (TPSA) is 128 Å². The lowest BCUT2D eigenvalue weighted by Gasteiger charge is -2.18. The number of halogens is 2. The molecule has 0 saturated heterocycles. The SMILES string of the molecule is O=C(O)NCCC[C@@H](CNC(=O)c1cc(-c2ccc(F)cc2)cc(-c2ccc(F)cc2)c1)NC(=O)O. The lowest BCUT2D eigenvalue weighted by molar-refractivity contribution is 0.0947. The summed E-state index contributed by atoms with van der Waals surface area (Å²) < 4.78 is 26.9. The Morgan fingerprint density at radius 1 is 0.722 bits per heavy atom. The summed E-state index contributed by atoms with van der Waals surface area (Å²) in [4.78, 5) is 34.7. The Bertz CT molecular complexity index is 1150. The highest BCUT2D eigenvalue weighted by Gasteiger charge is 2.16. The molecule has 3 rings (SSSR count). The fourth-order valence-electron chi connectivity index (χ4n) is 3.64. The summed E-state index contributed by atoms with van der Waals surface area (Å²) in [5.74, 6) is -1.27. The van der Waals surface area contributed by atoms with Gasteiger partial charge in [0.05, 0.1) is 0 Å². The number of rotatable bonds is 10. The highest BCUT2D eigenvalue weighted by molar-refractivity contribution is 5.97. The number of amides is 3. The minimum absolute atomic E-state index is 0.0230. The van der Waals surface area contributed by atoms with Crippen LogP contribution in [0, 0.1) is 11.6 Å². The third kappa shape index (κ3) is 7.79. The number of benzene rings is 3. The van der Waals surface area contributed by atoms with Crippen molar-refractivity contribution in [2.45, 2.75) is 18.9 Å². The molecule has 0 heterocycles. The zero-order chi connectivity index (χ0) is 26.1. The van der Waals surface area contributed by atoms with E-state index in [0.29, 0.717) is 35.1 Å². The van der Waals surface area contributed by atoms with E-state index >= 15 is 0 Å². The van der Waals surface area contributed by atoms with E-state index in [1.807, 2.05) is 6.07 Å². The number of hydrogen-bond acceptors (Lipinski definition) is 3. The molecule has 0 aliphatic rings. The number of carbonyl (C=O) groups is 3. The molecule has 3 aromatic carbocycles. The zero-order valence-electron chi connectivity index (χ0n) is 19.1. The van der Waals surface area contributed by atoms with Gasteiger partial charge >= 0.3 is 12.2 Å². The number of carbonyl (C=O) groups excluding carboxylic acids is 1. The Morgan fingerprint density at radius 2 is 1.25 bits per heavy atom. The second-order valence-electron chi connectivity index (χ2n) is 8.04. The Hall–Kier alpha value is -4.47.